The summed E-state index contributed by atoms with van der Waals surface area (Å²) < 4.78 is 0. The van der Waals surface area contributed by atoms with Crippen molar-refractivity contribution in [2.45, 2.75) is 78.9 Å². The fraction of sp³-hybridized carbons (Fsp3) is 1.00. The predicted molar refractivity (Wildman–Crippen MR) is 85.9 cm³/mol. The molecule has 2 saturated heterocycles. The largest absolute Gasteiger partial charge is 0.298 e. The molecule has 2 aliphatic heterocycles. The summed E-state index contributed by atoms with van der Waals surface area (Å²) in [5.74, 6) is 0.769. The van der Waals surface area contributed by atoms with E-state index >= 15 is 0 Å². The molecule has 0 spiro atoms. The van der Waals surface area contributed by atoms with E-state index in [4.69, 9.17) is 0 Å². The Bertz CT molecular complexity index is 358. The second-order valence-corrected chi connectivity index (χ2v) is 9.00. The van der Waals surface area contributed by atoms with Crippen molar-refractivity contribution in [2.24, 2.45) is 16.7 Å². The number of piperidine rings is 1. The molecular formula is C18H34N2. The van der Waals surface area contributed by atoms with Gasteiger partial charge in [0.1, 0.15) is 0 Å². The van der Waals surface area contributed by atoms with Crippen molar-refractivity contribution in [1.29, 1.82) is 0 Å². The molecule has 0 aromatic rings. The lowest BCUT2D eigenvalue weighted by atomic mass is 9.91. The van der Waals surface area contributed by atoms with E-state index in [2.05, 4.69) is 51.3 Å². The van der Waals surface area contributed by atoms with E-state index in [-0.39, 0.29) is 0 Å². The molecular weight excluding hydrogens is 244 g/mol. The van der Waals surface area contributed by atoms with E-state index in [1.165, 1.54) is 38.9 Å². The van der Waals surface area contributed by atoms with Gasteiger partial charge in [0, 0.05) is 31.2 Å². The van der Waals surface area contributed by atoms with E-state index in [0.29, 0.717) is 10.8 Å². The molecule has 3 aliphatic rings. The Labute approximate surface area is 125 Å². The smallest absolute Gasteiger partial charge is 0.0250 e. The van der Waals surface area contributed by atoms with Gasteiger partial charge in [0.25, 0.3) is 0 Å². The van der Waals surface area contributed by atoms with Crippen molar-refractivity contribution in [3.8, 4) is 0 Å². The predicted octanol–water partition coefficient (Wildman–Crippen LogP) is 3.62. The summed E-state index contributed by atoms with van der Waals surface area (Å²) in [6.45, 7) is 18.7. The Morgan fingerprint density at radius 1 is 0.950 bits per heavy atom. The lowest BCUT2D eigenvalue weighted by Crippen LogP contribution is -2.62. The Morgan fingerprint density at radius 2 is 1.60 bits per heavy atom. The van der Waals surface area contributed by atoms with Crippen LogP contribution in [0.2, 0.25) is 0 Å². The number of hydrogen-bond donors (Lipinski definition) is 0. The first-order chi connectivity index (χ1) is 9.26. The zero-order chi connectivity index (χ0) is 14.7. The summed E-state index contributed by atoms with van der Waals surface area (Å²) in [5, 5.41) is 0. The third kappa shape index (κ3) is 2.06. The maximum Gasteiger partial charge on any atom is 0.0250 e. The second kappa shape index (κ2) is 4.71. The van der Waals surface area contributed by atoms with Crippen molar-refractivity contribution in [2.75, 3.05) is 19.6 Å². The number of nitrogens with zero attached hydrogens (tertiary/aromatic N) is 2. The molecule has 3 rings (SSSR count). The first-order valence-electron chi connectivity index (χ1n) is 8.76. The molecule has 116 valence electrons. The van der Waals surface area contributed by atoms with Crippen LogP contribution >= 0.6 is 0 Å². The van der Waals surface area contributed by atoms with Gasteiger partial charge < -0.3 is 0 Å². The van der Waals surface area contributed by atoms with E-state index in [1.54, 1.807) is 0 Å². The highest BCUT2D eigenvalue weighted by atomic mass is 15.4. The van der Waals surface area contributed by atoms with Crippen molar-refractivity contribution in [3.63, 3.8) is 0 Å². The van der Waals surface area contributed by atoms with E-state index in [1.807, 2.05) is 0 Å². The van der Waals surface area contributed by atoms with Crippen LogP contribution in [0.25, 0.3) is 0 Å². The standard InChI is InChI=1S/C18H34N2/c1-13(2)15-12-19-10-8-7-9-14(19)11-20(15)16-17(3,4)18(16,5)6/h13-16H,7-12H2,1-6H3. The average Bonchev–Trinajstić information content (AvgIpc) is 2.78. The summed E-state index contributed by atoms with van der Waals surface area (Å²) >= 11 is 0. The first-order valence-corrected chi connectivity index (χ1v) is 8.76. The molecule has 0 N–H and O–H groups in total. The zero-order valence-corrected chi connectivity index (χ0v) is 14.4. The van der Waals surface area contributed by atoms with Crippen LogP contribution in [0.3, 0.4) is 0 Å². The molecule has 2 heteroatoms. The monoisotopic (exact) mass is 278 g/mol. The fourth-order valence-corrected chi connectivity index (χ4v) is 5.11. The minimum atomic E-state index is 0.483. The topological polar surface area (TPSA) is 6.48 Å². The summed E-state index contributed by atoms with van der Waals surface area (Å²) in [4.78, 5) is 5.71. The molecule has 0 aromatic carbocycles. The highest BCUT2D eigenvalue weighted by molar-refractivity contribution is 5.20. The van der Waals surface area contributed by atoms with Gasteiger partial charge in [0.2, 0.25) is 0 Å². The lowest BCUT2D eigenvalue weighted by molar-refractivity contribution is -0.0206. The second-order valence-electron chi connectivity index (χ2n) is 9.00. The summed E-state index contributed by atoms with van der Waals surface area (Å²) in [6, 6.07) is 2.38. The molecule has 0 bridgehead atoms. The van der Waals surface area contributed by atoms with Crippen LogP contribution in [-0.2, 0) is 0 Å². The maximum absolute atomic E-state index is 2.91. The number of piperazine rings is 1. The van der Waals surface area contributed by atoms with Gasteiger partial charge in [-0.3, -0.25) is 9.80 Å². The summed E-state index contributed by atoms with van der Waals surface area (Å²) in [6.07, 6.45) is 4.29. The van der Waals surface area contributed by atoms with Gasteiger partial charge in [-0.25, -0.2) is 0 Å². The molecule has 1 saturated carbocycles. The average molecular weight is 278 g/mol. The maximum atomic E-state index is 2.91. The molecule has 0 aromatic heterocycles. The van der Waals surface area contributed by atoms with Crippen LogP contribution in [0.5, 0.6) is 0 Å². The molecule has 2 unspecified atom stereocenters. The van der Waals surface area contributed by atoms with Gasteiger partial charge >= 0.3 is 0 Å². The molecule has 0 radical (unpaired) electrons. The minimum Gasteiger partial charge on any atom is -0.298 e. The van der Waals surface area contributed by atoms with Gasteiger partial charge in [0.05, 0.1) is 0 Å². The highest BCUT2D eigenvalue weighted by Crippen LogP contribution is 2.66. The van der Waals surface area contributed by atoms with Gasteiger partial charge in [-0.2, -0.15) is 0 Å². The molecule has 20 heavy (non-hydrogen) atoms. The molecule has 2 heterocycles. The summed E-state index contributed by atoms with van der Waals surface area (Å²) in [5.41, 5.74) is 0.966. The third-order valence-corrected chi connectivity index (χ3v) is 7.06. The minimum absolute atomic E-state index is 0.483. The van der Waals surface area contributed by atoms with Gasteiger partial charge in [-0.05, 0) is 36.1 Å². The van der Waals surface area contributed by atoms with E-state index < -0.39 is 0 Å². The van der Waals surface area contributed by atoms with Gasteiger partial charge in [-0.1, -0.05) is 48.0 Å². The number of hydrogen-bond acceptors (Lipinski definition) is 2. The van der Waals surface area contributed by atoms with Crippen LogP contribution in [-0.4, -0.2) is 47.6 Å². The molecule has 3 fully saturated rings. The van der Waals surface area contributed by atoms with Gasteiger partial charge in [-0.15, -0.1) is 0 Å². The highest BCUT2D eigenvalue weighted by Gasteiger charge is 2.68. The van der Waals surface area contributed by atoms with Gasteiger partial charge in [0.15, 0.2) is 0 Å². The van der Waals surface area contributed by atoms with Crippen molar-refractivity contribution in [1.82, 2.24) is 9.80 Å². The van der Waals surface area contributed by atoms with Crippen molar-refractivity contribution >= 4 is 0 Å². The Morgan fingerprint density at radius 3 is 2.15 bits per heavy atom. The lowest BCUT2D eigenvalue weighted by Gasteiger charge is -2.50. The third-order valence-electron chi connectivity index (χ3n) is 7.06. The molecule has 0 amide bonds. The first kappa shape index (κ1) is 14.8. The number of rotatable bonds is 2. The normalized spacial score (nSPS) is 38.0. The Kier molecular flexibility index (Phi) is 3.49. The van der Waals surface area contributed by atoms with E-state index in [0.717, 1.165) is 24.0 Å². The van der Waals surface area contributed by atoms with Crippen LogP contribution in [0.4, 0.5) is 0 Å². The van der Waals surface area contributed by atoms with Crippen LogP contribution < -0.4 is 0 Å². The van der Waals surface area contributed by atoms with E-state index in [9.17, 15) is 0 Å². The molecule has 1 aliphatic carbocycles. The molecule has 2 atom stereocenters. The fourth-order valence-electron chi connectivity index (χ4n) is 5.11. The van der Waals surface area contributed by atoms with Crippen LogP contribution in [0.15, 0.2) is 0 Å². The van der Waals surface area contributed by atoms with Crippen molar-refractivity contribution in [3.05, 3.63) is 0 Å². The van der Waals surface area contributed by atoms with Crippen LogP contribution in [0, 0.1) is 16.7 Å². The summed E-state index contributed by atoms with van der Waals surface area (Å²) in [7, 11) is 0. The zero-order valence-electron chi connectivity index (χ0n) is 14.4. The van der Waals surface area contributed by atoms with Crippen molar-refractivity contribution < 1.29 is 0 Å². The SMILES string of the molecule is CC(C)C1CN2CCCCC2CN1C1C(C)(C)C1(C)C. The molecule has 2 nitrogen and oxygen atoms in total. The number of fused-ring (bicyclic) bond motifs is 1. The van der Waals surface area contributed by atoms with Crippen LogP contribution in [0.1, 0.15) is 60.8 Å². The Balaban J connectivity index is 1.81. The Hall–Kier alpha value is -0.0800. The quantitative estimate of drug-likeness (QED) is 0.761.